The summed E-state index contributed by atoms with van der Waals surface area (Å²) in [6, 6.07) is 1.64. The Morgan fingerprint density at radius 3 is 2.61 bits per heavy atom. The first-order valence-corrected chi connectivity index (χ1v) is 12.2. The largest absolute Gasteiger partial charge is 0.480 e. The normalized spacial score (nSPS) is 14.8. The van der Waals surface area contributed by atoms with Gasteiger partial charge >= 0.3 is 5.97 Å². The van der Waals surface area contributed by atoms with Gasteiger partial charge in [0.2, 0.25) is 10.0 Å². The summed E-state index contributed by atoms with van der Waals surface area (Å²) in [5.74, 6) is -0.383. The fourth-order valence-electron chi connectivity index (χ4n) is 2.98. The SMILES string of the molecule is C=CC(NC(=O)c1cc(N(CCC)CC2CC2)ncn1)=C(C)C=CS(=O)(=O)N(C)CC(=O)O. The fraction of sp³-hybridized carbons (Fsp3) is 0.455. The van der Waals surface area contributed by atoms with E-state index in [0.717, 1.165) is 24.9 Å². The van der Waals surface area contributed by atoms with E-state index in [0.29, 0.717) is 27.3 Å². The monoisotopic (exact) mass is 477 g/mol. The lowest BCUT2D eigenvalue weighted by atomic mass is 10.2. The van der Waals surface area contributed by atoms with Gasteiger partial charge < -0.3 is 15.3 Å². The van der Waals surface area contributed by atoms with Gasteiger partial charge in [0.25, 0.3) is 5.91 Å². The van der Waals surface area contributed by atoms with E-state index in [-0.39, 0.29) is 5.69 Å². The number of carbonyl (C=O) groups is 2. The molecule has 0 unspecified atom stereocenters. The Labute approximate surface area is 194 Å². The van der Waals surface area contributed by atoms with Gasteiger partial charge in [0.1, 0.15) is 24.4 Å². The van der Waals surface area contributed by atoms with Gasteiger partial charge in [0.15, 0.2) is 0 Å². The molecular weight excluding hydrogens is 446 g/mol. The number of hydrogen-bond donors (Lipinski definition) is 2. The number of anilines is 1. The summed E-state index contributed by atoms with van der Waals surface area (Å²) >= 11 is 0. The third kappa shape index (κ3) is 8.10. The van der Waals surface area contributed by atoms with Gasteiger partial charge in [-0.05, 0) is 49.8 Å². The molecule has 1 aromatic rings. The topological polar surface area (TPSA) is 133 Å². The number of sulfonamides is 1. The lowest BCUT2D eigenvalue weighted by molar-refractivity contribution is -0.137. The van der Waals surface area contributed by atoms with Crippen molar-refractivity contribution in [1.82, 2.24) is 19.6 Å². The van der Waals surface area contributed by atoms with Crippen molar-refractivity contribution in [1.29, 1.82) is 0 Å². The summed E-state index contributed by atoms with van der Waals surface area (Å²) in [6.45, 7) is 8.44. The lowest BCUT2D eigenvalue weighted by Crippen LogP contribution is -2.30. The van der Waals surface area contributed by atoms with Crippen LogP contribution in [0.4, 0.5) is 5.82 Å². The van der Waals surface area contributed by atoms with Crippen molar-refractivity contribution < 1.29 is 23.1 Å². The fourth-order valence-corrected chi connectivity index (χ4v) is 3.86. The molecule has 0 bridgehead atoms. The first kappa shape index (κ1) is 26.2. The maximum Gasteiger partial charge on any atom is 0.318 e. The number of carboxylic acid groups (broad SMARTS) is 1. The van der Waals surface area contributed by atoms with Crippen molar-refractivity contribution in [2.75, 3.05) is 31.6 Å². The number of likely N-dealkylation sites (N-methyl/N-ethyl adjacent to an activating group) is 1. The van der Waals surface area contributed by atoms with Crippen LogP contribution in [0.3, 0.4) is 0 Å². The van der Waals surface area contributed by atoms with Gasteiger partial charge in [0, 0.05) is 37.3 Å². The van der Waals surface area contributed by atoms with Crippen LogP contribution in [0.25, 0.3) is 0 Å². The van der Waals surface area contributed by atoms with Crippen LogP contribution in [0.2, 0.25) is 0 Å². The number of aromatic nitrogens is 2. The Kier molecular flexibility index (Phi) is 9.30. The van der Waals surface area contributed by atoms with Gasteiger partial charge in [-0.15, -0.1) is 0 Å². The molecule has 1 aliphatic carbocycles. The molecule has 10 nitrogen and oxygen atoms in total. The van der Waals surface area contributed by atoms with Crippen LogP contribution in [0.1, 0.15) is 43.6 Å². The Balaban J connectivity index is 2.17. The van der Waals surface area contributed by atoms with E-state index in [1.807, 2.05) is 0 Å². The van der Waals surface area contributed by atoms with Crippen LogP contribution in [-0.4, -0.2) is 66.4 Å². The minimum atomic E-state index is -3.93. The Morgan fingerprint density at radius 2 is 2.03 bits per heavy atom. The van der Waals surface area contributed by atoms with Crippen molar-refractivity contribution >= 4 is 27.7 Å². The van der Waals surface area contributed by atoms with E-state index in [4.69, 9.17) is 5.11 Å². The molecule has 0 aromatic carbocycles. The number of nitrogens with zero attached hydrogens (tertiary/aromatic N) is 4. The van der Waals surface area contributed by atoms with Crippen molar-refractivity contribution in [3.63, 3.8) is 0 Å². The van der Waals surface area contributed by atoms with Crippen LogP contribution < -0.4 is 10.2 Å². The number of amides is 1. The van der Waals surface area contributed by atoms with Crippen LogP contribution in [0, 0.1) is 5.92 Å². The molecule has 0 radical (unpaired) electrons. The van der Waals surface area contributed by atoms with Crippen LogP contribution in [0.15, 0.2) is 47.8 Å². The second kappa shape index (κ2) is 11.7. The minimum Gasteiger partial charge on any atom is -0.480 e. The van der Waals surface area contributed by atoms with Crippen molar-refractivity contribution in [3.8, 4) is 0 Å². The Morgan fingerprint density at radius 1 is 1.33 bits per heavy atom. The summed E-state index contributed by atoms with van der Waals surface area (Å²) < 4.78 is 25.1. The standard InChI is InChI=1S/C22H31N5O5S/c1-5-10-27(13-17-7-8-17)20-12-19(23-15-24-20)22(30)25-18(6-2)16(3)9-11-33(31,32)26(4)14-21(28)29/h6,9,11-12,15,17H,2,5,7-8,10,13-14H2,1,3-4H3,(H,25,30)(H,28,29). The molecule has 1 fully saturated rings. The quantitative estimate of drug-likeness (QED) is 0.413. The number of carboxylic acids is 1. The highest BCUT2D eigenvalue weighted by Gasteiger charge is 2.25. The zero-order valence-corrected chi connectivity index (χ0v) is 20.0. The van der Waals surface area contributed by atoms with Crippen LogP contribution in [-0.2, 0) is 14.8 Å². The minimum absolute atomic E-state index is 0.182. The van der Waals surface area contributed by atoms with E-state index in [1.54, 1.807) is 13.0 Å². The van der Waals surface area contributed by atoms with E-state index in [2.05, 4.69) is 33.7 Å². The summed E-state index contributed by atoms with van der Waals surface area (Å²) in [7, 11) is -2.77. The highest BCUT2D eigenvalue weighted by molar-refractivity contribution is 7.92. The molecule has 11 heteroatoms. The number of hydrogen-bond acceptors (Lipinski definition) is 7. The molecule has 33 heavy (non-hydrogen) atoms. The molecule has 1 saturated carbocycles. The number of aliphatic carboxylic acids is 1. The zero-order valence-electron chi connectivity index (χ0n) is 19.2. The second-order valence-electron chi connectivity index (χ2n) is 7.90. The van der Waals surface area contributed by atoms with E-state index >= 15 is 0 Å². The predicted molar refractivity (Wildman–Crippen MR) is 126 cm³/mol. The molecule has 0 saturated heterocycles. The lowest BCUT2D eigenvalue weighted by Gasteiger charge is -2.23. The number of rotatable bonds is 13. The van der Waals surface area contributed by atoms with Gasteiger partial charge in [-0.25, -0.2) is 18.4 Å². The van der Waals surface area contributed by atoms with E-state index in [1.165, 1.54) is 38.4 Å². The molecule has 2 rings (SSSR count). The molecule has 180 valence electrons. The summed E-state index contributed by atoms with van der Waals surface area (Å²) in [5, 5.41) is 12.3. The number of allylic oxidation sites excluding steroid dienone is 3. The summed E-state index contributed by atoms with van der Waals surface area (Å²) in [6.07, 6.45) is 7.40. The first-order chi connectivity index (χ1) is 15.6. The Bertz CT molecular complexity index is 1050. The summed E-state index contributed by atoms with van der Waals surface area (Å²) in [4.78, 5) is 34.1. The predicted octanol–water partition coefficient (Wildman–Crippen LogP) is 2.15. The molecule has 2 N–H and O–H groups in total. The van der Waals surface area contributed by atoms with E-state index in [9.17, 15) is 18.0 Å². The smallest absolute Gasteiger partial charge is 0.318 e. The molecule has 1 heterocycles. The van der Waals surface area contributed by atoms with Gasteiger partial charge in [-0.1, -0.05) is 13.5 Å². The summed E-state index contributed by atoms with van der Waals surface area (Å²) in [5.41, 5.74) is 0.902. The van der Waals surface area contributed by atoms with Gasteiger partial charge in [0.05, 0.1) is 0 Å². The van der Waals surface area contributed by atoms with Crippen molar-refractivity contribution in [2.24, 2.45) is 5.92 Å². The van der Waals surface area contributed by atoms with Crippen molar-refractivity contribution in [3.05, 3.63) is 53.5 Å². The second-order valence-corrected chi connectivity index (χ2v) is 9.83. The average molecular weight is 478 g/mol. The maximum absolute atomic E-state index is 12.8. The molecule has 0 atom stereocenters. The van der Waals surface area contributed by atoms with Crippen LogP contribution >= 0.6 is 0 Å². The van der Waals surface area contributed by atoms with Gasteiger partial charge in [-0.3, -0.25) is 9.59 Å². The molecule has 1 aliphatic rings. The highest BCUT2D eigenvalue weighted by atomic mass is 32.2. The van der Waals surface area contributed by atoms with Gasteiger partial charge in [-0.2, -0.15) is 4.31 Å². The third-order valence-electron chi connectivity index (χ3n) is 5.04. The van der Waals surface area contributed by atoms with E-state index < -0.39 is 28.4 Å². The van der Waals surface area contributed by atoms with Crippen molar-refractivity contribution in [2.45, 2.75) is 33.1 Å². The number of carbonyl (C=O) groups excluding carboxylic acids is 1. The Hall–Kier alpha value is -3.05. The zero-order chi connectivity index (χ0) is 24.6. The first-order valence-electron chi connectivity index (χ1n) is 10.6. The van der Waals surface area contributed by atoms with Crippen LogP contribution in [0.5, 0.6) is 0 Å². The average Bonchev–Trinajstić information content (AvgIpc) is 3.59. The molecular formula is C22H31N5O5S. The molecule has 1 aromatic heterocycles. The molecule has 1 amide bonds. The maximum atomic E-state index is 12.8. The molecule has 0 spiro atoms. The highest BCUT2D eigenvalue weighted by Crippen LogP contribution is 2.31. The molecule has 0 aliphatic heterocycles. The third-order valence-corrected chi connectivity index (χ3v) is 6.52. The number of nitrogens with one attached hydrogen (secondary N) is 1.